The maximum absolute atomic E-state index is 11.4. The second-order valence-electron chi connectivity index (χ2n) is 2.73. The molecule has 19 heavy (non-hydrogen) atoms. The molecule has 2 N–H and O–H groups in total. The zero-order valence-corrected chi connectivity index (χ0v) is 12.5. The van der Waals surface area contributed by atoms with Crippen LogP contribution in [-0.4, -0.2) is 15.6 Å². The fourth-order valence-electron chi connectivity index (χ4n) is 1.02. The van der Waals surface area contributed by atoms with Crippen LogP contribution in [0.25, 0.3) is 0 Å². The number of para-hydroxylation sites is 1. The summed E-state index contributed by atoms with van der Waals surface area (Å²) in [6, 6.07) is 8.91. The molecule has 2 amide bonds. The first-order valence-corrected chi connectivity index (χ1v) is 7.02. The Morgan fingerprint density at radius 3 is 2.21 bits per heavy atom. The van der Waals surface area contributed by atoms with Gasteiger partial charge in [0.15, 0.2) is 0 Å². The van der Waals surface area contributed by atoms with Crippen LogP contribution in [0.5, 0.6) is 0 Å². The lowest BCUT2D eigenvalue weighted by Gasteiger charge is -2.04. The van der Waals surface area contributed by atoms with Crippen molar-refractivity contribution >= 4 is 28.3 Å². The Morgan fingerprint density at radius 2 is 1.68 bits per heavy atom. The van der Waals surface area contributed by atoms with E-state index in [9.17, 15) is 4.79 Å². The lowest BCUT2D eigenvalue weighted by molar-refractivity contribution is 0.262. The van der Waals surface area contributed by atoms with E-state index in [1.165, 1.54) is 6.20 Å². The molecule has 0 saturated carbocycles. The second kappa shape index (κ2) is 11.2. The Labute approximate surface area is 118 Å². The molecule has 2 rings (SSSR count). The molecule has 0 aliphatic rings. The molecule has 0 fully saturated rings. The van der Waals surface area contributed by atoms with E-state index in [1.807, 2.05) is 58.0 Å². The van der Waals surface area contributed by atoms with Gasteiger partial charge in [-0.25, -0.2) is 4.79 Å². The van der Waals surface area contributed by atoms with Crippen molar-refractivity contribution in [2.24, 2.45) is 0 Å². The Kier molecular flexibility index (Phi) is 10.0. The highest BCUT2D eigenvalue weighted by atomic mass is 32.1. The van der Waals surface area contributed by atoms with Crippen molar-refractivity contribution in [3.8, 4) is 0 Å². The highest BCUT2D eigenvalue weighted by molar-refractivity contribution is 7.10. The molecule has 0 bridgehead atoms. The molecule has 104 valence electrons. The number of rotatable bonds is 2. The molecule has 2 aromatic rings. The third-order valence-corrected chi connectivity index (χ3v) is 2.21. The molecule has 0 atom stereocenters. The van der Waals surface area contributed by atoms with Gasteiger partial charge in [-0.2, -0.15) is 0 Å². The number of nitrogens with one attached hydrogen (secondary N) is 2. The summed E-state index contributed by atoms with van der Waals surface area (Å²) in [4.78, 5) is 11.4. The molecule has 5 nitrogen and oxygen atoms in total. The van der Waals surface area contributed by atoms with E-state index in [2.05, 4.69) is 20.2 Å². The van der Waals surface area contributed by atoms with Crippen LogP contribution in [0, 0.1) is 0 Å². The fraction of sp³-hybridized carbons (Fsp3) is 0.308. The van der Waals surface area contributed by atoms with Crippen molar-refractivity contribution < 1.29 is 4.79 Å². The summed E-state index contributed by atoms with van der Waals surface area (Å²) >= 11 is 1.13. The van der Waals surface area contributed by atoms with Gasteiger partial charge in [0.2, 0.25) is 0 Å². The third kappa shape index (κ3) is 7.15. The molecule has 0 radical (unpaired) electrons. The van der Waals surface area contributed by atoms with Gasteiger partial charge in [0.05, 0.1) is 6.20 Å². The van der Waals surface area contributed by atoms with E-state index >= 15 is 0 Å². The Hall–Kier alpha value is -1.95. The monoisotopic (exact) mass is 280 g/mol. The number of anilines is 2. The highest BCUT2D eigenvalue weighted by Gasteiger charge is 2.03. The molecule has 6 heteroatoms. The summed E-state index contributed by atoms with van der Waals surface area (Å²) < 4.78 is 3.63. The van der Waals surface area contributed by atoms with E-state index in [-0.39, 0.29) is 6.03 Å². The van der Waals surface area contributed by atoms with Crippen LogP contribution in [-0.2, 0) is 0 Å². The number of amides is 2. The summed E-state index contributed by atoms with van der Waals surface area (Å²) in [7, 11) is 0. The van der Waals surface area contributed by atoms with Crippen LogP contribution in [0.15, 0.2) is 36.5 Å². The van der Waals surface area contributed by atoms with Crippen molar-refractivity contribution in [1.29, 1.82) is 0 Å². The van der Waals surface area contributed by atoms with Gasteiger partial charge in [-0.05, 0) is 12.1 Å². The van der Waals surface area contributed by atoms with Crippen LogP contribution < -0.4 is 10.6 Å². The van der Waals surface area contributed by atoms with Gasteiger partial charge in [-0.1, -0.05) is 50.4 Å². The number of urea groups is 1. The number of carbonyl (C=O) groups is 1. The van der Waals surface area contributed by atoms with Gasteiger partial charge in [0, 0.05) is 17.2 Å². The quantitative estimate of drug-likeness (QED) is 0.864. The van der Waals surface area contributed by atoms with Crippen LogP contribution in [0.4, 0.5) is 15.5 Å². The SMILES string of the molecule is CC.CC.O=C(Nc1ccccc1)Nc1cnns1. The Bertz CT molecular complexity index is 431. The number of carbonyl (C=O) groups excluding carboxylic acids is 1. The number of benzene rings is 1. The molecule has 1 aromatic heterocycles. The minimum Gasteiger partial charge on any atom is -0.308 e. The molecule has 1 heterocycles. The molecule has 0 unspecified atom stereocenters. The van der Waals surface area contributed by atoms with Crippen molar-refractivity contribution in [2.45, 2.75) is 27.7 Å². The van der Waals surface area contributed by atoms with Gasteiger partial charge < -0.3 is 5.32 Å². The number of hydrogen-bond donors (Lipinski definition) is 2. The number of aromatic nitrogens is 2. The molecule has 0 saturated heterocycles. The summed E-state index contributed by atoms with van der Waals surface area (Å²) in [6.45, 7) is 8.00. The third-order valence-electron chi connectivity index (χ3n) is 1.63. The molecule has 0 aliphatic carbocycles. The Balaban J connectivity index is 0.000000741. The van der Waals surface area contributed by atoms with Gasteiger partial charge in [0.25, 0.3) is 0 Å². The van der Waals surface area contributed by atoms with Crippen LogP contribution in [0.1, 0.15) is 27.7 Å². The minimum atomic E-state index is -0.299. The van der Waals surface area contributed by atoms with Crippen LogP contribution in [0.2, 0.25) is 0 Å². The molecule has 0 aliphatic heterocycles. The molecular formula is C13H20N4OS. The first-order valence-electron chi connectivity index (χ1n) is 6.25. The average molecular weight is 280 g/mol. The van der Waals surface area contributed by atoms with Gasteiger partial charge in [-0.15, -0.1) is 5.10 Å². The number of hydrogen-bond acceptors (Lipinski definition) is 4. The fourth-order valence-corrected chi connectivity index (χ4v) is 1.43. The number of nitrogens with zero attached hydrogens (tertiary/aromatic N) is 2. The second-order valence-corrected chi connectivity index (χ2v) is 3.51. The van der Waals surface area contributed by atoms with E-state index < -0.39 is 0 Å². The predicted octanol–water partition coefficient (Wildman–Crippen LogP) is 4.23. The zero-order chi connectivity index (χ0) is 14.5. The Morgan fingerprint density at radius 1 is 1.05 bits per heavy atom. The summed E-state index contributed by atoms with van der Waals surface area (Å²) in [6.07, 6.45) is 1.50. The molecule has 1 aromatic carbocycles. The summed E-state index contributed by atoms with van der Waals surface area (Å²) in [5.41, 5.74) is 0.743. The average Bonchev–Trinajstić information content (AvgIpc) is 2.97. The van der Waals surface area contributed by atoms with Crippen molar-refractivity contribution in [3.05, 3.63) is 36.5 Å². The first-order chi connectivity index (χ1) is 9.34. The van der Waals surface area contributed by atoms with Gasteiger partial charge >= 0.3 is 6.03 Å². The maximum atomic E-state index is 11.4. The molecule has 0 spiro atoms. The van der Waals surface area contributed by atoms with E-state index in [0.717, 1.165) is 17.2 Å². The maximum Gasteiger partial charge on any atom is 0.324 e. The van der Waals surface area contributed by atoms with Crippen LogP contribution >= 0.6 is 11.5 Å². The zero-order valence-electron chi connectivity index (χ0n) is 11.7. The summed E-state index contributed by atoms with van der Waals surface area (Å²) in [5, 5.41) is 9.52. The molecular weight excluding hydrogens is 260 g/mol. The largest absolute Gasteiger partial charge is 0.324 e. The normalized spacial score (nSPS) is 8.21. The lowest BCUT2D eigenvalue weighted by atomic mass is 10.3. The van der Waals surface area contributed by atoms with E-state index in [4.69, 9.17) is 0 Å². The van der Waals surface area contributed by atoms with Gasteiger partial charge in [0.1, 0.15) is 5.00 Å². The first kappa shape index (κ1) is 17.1. The highest BCUT2D eigenvalue weighted by Crippen LogP contribution is 2.10. The lowest BCUT2D eigenvalue weighted by Crippen LogP contribution is -2.18. The topological polar surface area (TPSA) is 66.9 Å². The van der Waals surface area contributed by atoms with Crippen LogP contribution in [0.3, 0.4) is 0 Å². The predicted molar refractivity (Wildman–Crippen MR) is 81.7 cm³/mol. The van der Waals surface area contributed by atoms with Crippen molar-refractivity contribution in [2.75, 3.05) is 10.6 Å². The van der Waals surface area contributed by atoms with E-state index in [1.54, 1.807) is 0 Å². The smallest absolute Gasteiger partial charge is 0.308 e. The van der Waals surface area contributed by atoms with Crippen molar-refractivity contribution in [3.63, 3.8) is 0 Å². The minimum absolute atomic E-state index is 0.299. The summed E-state index contributed by atoms with van der Waals surface area (Å²) in [5.74, 6) is 0. The van der Waals surface area contributed by atoms with Gasteiger partial charge in [-0.3, -0.25) is 5.32 Å². The van der Waals surface area contributed by atoms with Crippen molar-refractivity contribution in [1.82, 2.24) is 9.59 Å². The van der Waals surface area contributed by atoms with E-state index in [0.29, 0.717) is 5.00 Å². The standard InChI is InChI=1S/C9H8N4OS.2C2H6/c14-9(12-8-6-10-13-15-8)11-7-4-2-1-3-5-7;2*1-2/h1-6H,(H2,11,12,14);2*1-2H3.